The van der Waals surface area contributed by atoms with Gasteiger partial charge in [0, 0.05) is 42.2 Å². The first-order chi connectivity index (χ1) is 17.8. The molecule has 15 heteroatoms. The van der Waals surface area contributed by atoms with E-state index in [9.17, 15) is 28.7 Å². The first-order valence-corrected chi connectivity index (χ1v) is 13.2. The van der Waals surface area contributed by atoms with Crippen molar-refractivity contribution >= 4 is 32.2 Å². The van der Waals surface area contributed by atoms with Crippen LogP contribution in [0.5, 0.6) is 11.5 Å². The molecule has 0 aliphatic carbocycles. The van der Waals surface area contributed by atoms with Crippen molar-refractivity contribution in [3.63, 3.8) is 0 Å². The average Bonchev–Trinajstić information content (AvgIpc) is 3.39. The maximum Gasteiger partial charge on any atom is 0.270 e. The van der Waals surface area contributed by atoms with Crippen LogP contribution < -0.4 is 24.4 Å². The van der Waals surface area contributed by atoms with Crippen molar-refractivity contribution in [3.05, 3.63) is 58.0 Å². The predicted molar refractivity (Wildman–Crippen MR) is 137 cm³/mol. The lowest BCUT2D eigenvalue weighted by Crippen LogP contribution is -2.58. The second-order valence-corrected chi connectivity index (χ2v) is 10.0. The second-order valence-electron chi connectivity index (χ2n) is 7.40. The SMILES string of the molecule is COc1ccc(S(=O)(=O)N(c2nc(-c3cccc([N+](=O)[O-])c3)cs2)C(NCCO)NCCO)cc1OC. The van der Waals surface area contributed by atoms with Gasteiger partial charge in [0.1, 0.15) is 0 Å². The normalized spacial score (nSPS) is 11.5. The fourth-order valence-corrected chi connectivity index (χ4v) is 5.95. The maximum absolute atomic E-state index is 14.0. The number of benzene rings is 2. The summed E-state index contributed by atoms with van der Waals surface area (Å²) in [7, 11) is -1.50. The fourth-order valence-electron chi connectivity index (χ4n) is 3.36. The Kier molecular flexibility index (Phi) is 9.73. The highest BCUT2D eigenvalue weighted by Crippen LogP contribution is 2.35. The number of nitrogens with one attached hydrogen (secondary N) is 2. The zero-order chi connectivity index (χ0) is 27.0. The van der Waals surface area contributed by atoms with Gasteiger partial charge in [0.25, 0.3) is 15.7 Å². The highest BCUT2D eigenvalue weighted by atomic mass is 32.2. The van der Waals surface area contributed by atoms with Gasteiger partial charge in [-0.05, 0) is 12.1 Å². The summed E-state index contributed by atoms with van der Waals surface area (Å²) in [5, 5.41) is 37.3. The van der Waals surface area contributed by atoms with E-state index in [-0.39, 0.29) is 47.8 Å². The van der Waals surface area contributed by atoms with E-state index in [1.807, 2.05) is 0 Å². The van der Waals surface area contributed by atoms with Gasteiger partial charge in [0.2, 0.25) is 5.13 Å². The quantitative estimate of drug-likeness (QED) is 0.129. The third-order valence-electron chi connectivity index (χ3n) is 5.08. The van der Waals surface area contributed by atoms with Crippen LogP contribution in [0.15, 0.2) is 52.7 Å². The van der Waals surface area contributed by atoms with Crippen LogP contribution in [0.25, 0.3) is 11.3 Å². The van der Waals surface area contributed by atoms with Crippen molar-refractivity contribution in [2.45, 2.75) is 11.2 Å². The molecule has 0 atom stereocenters. The van der Waals surface area contributed by atoms with E-state index in [1.165, 1.54) is 50.6 Å². The minimum Gasteiger partial charge on any atom is -0.493 e. The van der Waals surface area contributed by atoms with Gasteiger partial charge >= 0.3 is 0 Å². The Morgan fingerprint density at radius 3 is 2.35 bits per heavy atom. The number of methoxy groups -OCH3 is 2. The summed E-state index contributed by atoms with van der Waals surface area (Å²) in [6.07, 6.45) is -1.11. The molecule has 0 unspecified atom stereocenters. The minimum atomic E-state index is -4.31. The molecular weight excluding hydrogens is 526 g/mol. The summed E-state index contributed by atoms with van der Waals surface area (Å²) in [5.74, 6) is 0.534. The van der Waals surface area contributed by atoms with Crippen LogP contribution in [0.4, 0.5) is 10.8 Å². The monoisotopic (exact) mass is 553 g/mol. The number of nitro groups is 1. The molecule has 3 aromatic rings. The Labute approximate surface area is 217 Å². The van der Waals surface area contributed by atoms with Gasteiger partial charge in [-0.25, -0.2) is 17.7 Å². The van der Waals surface area contributed by atoms with Gasteiger partial charge in [-0.15, -0.1) is 11.3 Å². The Hall–Kier alpha value is -3.34. The molecule has 3 rings (SSSR count). The molecule has 4 N–H and O–H groups in total. The molecule has 0 amide bonds. The Morgan fingerprint density at radius 2 is 1.76 bits per heavy atom. The van der Waals surface area contributed by atoms with E-state index in [0.29, 0.717) is 17.0 Å². The second kappa shape index (κ2) is 12.8. The molecule has 2 aromatic carbocycles. The van der Waals surface area contributed by atoms with Crippen LogP contribution in [-0.2, 0) is 10.0 Å². The van der Waals surface area contributed by atoms with E-state index in [0.717, 1.165) is 15.6 Å². The van der Waals surface area contributed by atoms with E-state index >= 15 is 0 Å². The highest BCUT2D eigenvalue weighted by molar-refractivity contribution is 7.93. The number of thiazole rings is 1. The standard InChI is InChI=1S/C22H27N5O8S2/c1-34-19-7-6-17(13-20(19)35-2)37(32,33)26(21(23-8-10-28)24-9-11-29)22-25-18(14-36-22)15-4-3-5-16(12-15)27(30)31/h3-7,12-14,21,23-24,28-29H,8-11H2,1-2H3. The molecule has 1 aromatic heterocycles. The zero-order valence-corrected chi connectivity index (χ0v) is 21.7. The highest BCUT2D eigenvalue weighted by Gasteiger charge is 2.34. The van der Waals surface area contributed by atoms with Crippen LogP contribution in [0.2, 0.25) is 0 Å². The van der Waals surface area contributed by atoms with Crippen LogP contribution in [0.1, 0.15) is 0 Å². The van der Waals surface area contributed by atoms with Gasteiger partial charge in [-0.1, -0.05) is 12.1 Å². The molecule has 37 heavy (non-hydrogen) atoms. The molecule has 0 spiro atoms. The maximum atomic E-state index is 14.0. The minimum absolute atomic E-state index is 0.0319. The van der Waals surface area contributed by atoms with Gasteiger partial charge in [-0.2, -0.15) is 0 Å². The summed E-state index contributed by atoms with van der Waals surface area (Å²) < 4.78 is 39.4. The molecule has 0 aliphatic rings. The van der Waals surface area contributed by atoms with Crippen molar-refractivity contribution in [1.82, 2.24) is 15.6 Å². The lowest BCUT2D eigenvalue weighted by Gasteiger charge is -2.32. The van der Waals surface area contributed by atoms with Crippen LogP contribution in [0.3, 0.4) is 0 Å². The van der Waals surface area contributed by atoms with Gasteiger partial charge in [0.15, 0.2) is 17.8 Å². The van der Waals surface area contributed by atoms with Crippen LogP contribution >= 0.6 is 11.3 Å². The molecule has 0 saturated carbocycles. The average molecular weight is 554 g/mol. The van der Waals surface area contributed by atoms with Crippen molar-refractivity contribution in [1.29, 1.82) is 0 Å². The van der Waals surface area contributed by atoms with E-state index in [2.05, 4.69) is 15.6 Å². The summed E-state index contributed by atoms with van der Waals surface area (Å²) in [6.45, 7) is -0.495. The predicted octanol–water partition coefficient (Wildman–Crippen LogP) is 1.38. The fraction of sp³-hybridized carbons (Fsp3) is 0.318. The Balaban J connectivity index is 2.13. The number of nitro benzene ring substituents is 1. The molecule has 1 heterocycles. The first kappa shape index (κ1) is 28.2. The number of non-ortho nitro benzene ring substituents is 1. The number of ether oxygens (including phenoxy) is 2. The van der Waals surface area contributed by atoms with Crippen molar-refractivity contribution < 1.29 is 33.0 Å². The molecule has 0 bridgehead atoms. The number of anilines is 1. The smallest absolute Gasteiger partial charge is 0.270 e. The summed E-state index contributed by atoms with van der Waals surface area (Å²) in [6, 6.07) is 9.95. The Bertz CT molecular complexity index is 1310. The van der Waals surface area contributed by atoms with Crippen molar-refractivity contribution in [3.8, 4) is 22.8 Å². The number of aliphatic hydroxyl groups is 2. The summed E-state index contributed by atoms with van der Waals surface area (Å²) >= 11 is 1.01. The van der Waals surface area contributed by atoms with Gasteiger partial charge in [0.05, 0.1) is 42.9 Å². The summed E-state index contributed by atoms with van der Waals surface area (Å²) in [5.41, 5.74) is 0.636. The van der Waals surface area contributed by atoms with Crippen molar-refractivity contribution in [2.75, 3.05) is 44.8 Å². The van der Waals surface area contributed by atoms with E-state index < -0.39 is 21.2 Å². The topological polar surface area (TPSA) is 176 Å². The molecule has 0 saturated heterocycles. The molecular formula is C22H27N5O8S2. The lowest BCUT2D eigenvalue weighted by atomic mass is 10.1. The number of hydrogen-bond acceptors (Lipinski definition) is 12. The molecule has 13 nitrogen and oxygen atoms in total. The third-order valence-corrected chi connectivity index (χ3v) is 7.79. The van der Waals surface area contributed by atoms with E-state index in [1.54, 1.807) is 11.4 Å². The number of aliphatic hydroxyl groups excluding tert-OH is 2. The number of nitrogens with zero attached hydrogens (tertiary/aromatic N) is 3. The lowest BCUT2D eigenvalue weighted by molar-refractivity contribution is -0.384. The first-order valence-electron chi connectivity index (χ1n) is 10.9. The number of aromatic nitrogens is 1. The molecule has 0 radical (unpaired) electrons. The third kappa shape index (κ3) is 6.51. The van der Waals surface area contributed by atoms with Gasteiger partial charge in [-0.3, -0.25) is 20.7 Å². The zero-order valence-electron chi connectivity index (χ0n) is 20.0. The molecule has 200 valence electrons. The van der Waals surface area contributed by atoms with Crippen LogP contribution in [-0.4, -0.2) is 75.4 Å². The molecule has 0 fully saturated rings. The largest absolute Gasteiger partial charge is 0.493 e. The summed E-state index contributed by atoms with van der Waals surface area (Å²) in [4.78, 5) is 15.0. The number of hydrogen-bond donors (Lipinski definition) is 4. The molecule has 0 aliphatic heterocycles. The van der Waals surface area contributed by atoms with E-state index in [4.69, 9.17) is 9.47 Å². The number of sulfonamides is 1. The Morgan fingerprint density at radius 1 is 1.08 bits per heavy atom. The van der Waals surface area contributed by atoms with Gasteiger partial charge < -0.3 is 19.7 Å². The van der Waals surface area contributed by atoms with Crippen molar-refractivity contribution in [2.24, 2.45) is 0 Å². The van der Waals surface area contributed by atoms with Crippen LogP contribution in [0, 0.1) is 10.1 Å². The number of rotatable bonds is 14.